The van der Waals surface area contributed by atoms with Crippen molar-refractivity contribution >= 4 is 0 Å². The average molecular weight is 209 g/mol. The molecule has 1 atom stereocenters. The summed E-state index contributed by atoms with van der Waals surface area (Å²) in [5, 5.41) is 4.63. The van der Waals surface area contributed by atoms with Gasteiger partial charge < -0.3 is 5.73 Å². The van der Waals surface area contributed by atoms with Crippen LogP contribution in [0.4, 0.5) is 0 Å². The molecule has 2 N–H and O–H groups in total. The van der Waals surface area contributed by atoms with E-state index >= 15 is 0 Å². The van der Waals surface area contributed by atoms with Crippen molar-refractivity contribution in [1.29, 1.82) is 0 Å². The van der Waals surface area contributed by atoms with E-state index in [1.165, 1.54) is 0 Å². The lowest BCUT2D eigenvalue weighted by molar-refractivity contribution is 0.335. The van der Waals surface area contributed by atoms with Gasteiger partial charge in [0.05, 0.1) is 16.9 Å². The van der Waals surface area contributed by atoms with Gasteiger partial charge in [-0.3, -0.25) is 4.68 Å². The van der Waals surface area contributed by atoms with Crippen molar-refractivity contribution in [2.75, 3.05) is 0 Å². The van der Waals surface area contributed by atoms with Gasteiger partial charge in [0.2, 0.25) is 0 Å². The third kappa shape index (κ3) is 2.81. The van der Waals surface area contributed by atoms with Crippen LogP contribution < -0.4 is 5.73 Å². The maximum atomic E-state index is 5.96. The minimum absolute atomic E-state index is 0.00888. The summed E-state index contributed by atoms with van der Waals surface area (Å²) >= 11 is 0. The maximum Gasteiger partial charge on any atom is 0.0628 e. The number of hydrogen-bond donors (Lipinski definition) is 1. The standard InChI is InChI=1S/C12H23N3/c1-6-7-10-8-11(9(2)13)15(14-10)12(3,4)5/h8-9H,6-7,13H2,1-5H3. The minimum Gasteiger partial charge on any atom is -0.323 e. The summed E-state index contributed by atoms with van der Waals surface area (Å²) < 4.78 is 2.06. The fourth-order valence-electron chi connectivity index (χ4n) is 1.69. The predicted octanol–water partition coefficient (Wildman–Crippen LogP) is 2.61. The monoisotopic (exact) mass is 209 g/mol. The quantitative estimate of drug-likeness (QED) is 0.831. The van der Waals surface area contributed by atoms with E-state index in [-0.39, 0.29) is 11.6 Å². The first-order valence-electron chi connectivity index (χ1n) is 5.71. The lowest BCUT2D eigenvalue weighted by Gasteiger charge is -2.23. The molecule has 0 fully saturated rings. The zero-order valence-electron chi connectivity index (χ0n) is 10.5. The Balaban J connectivity index is 3.12. The highest BCUT2D eigenvalue weighted by Gasteiger charge is 2.20. The fraction of sp³-hybridized carbons (Fsp3) is 0.750. The van der Waals surface area contributed by atoms with E-state index < -0.39 is 0 Å². The lowest BCUT2D eigenvalue weighted by atomic mass is 10.1. The summed E-state index contributed by atoms with van der Waals surface area (Å²) in [6, 6.07) is 2.18. The molecular formula is C12H23N3. The van der Waals surface area contributed by atoms with Crippen LogP contribution in [0.15, 0.2) is 6.07 Å². The first-order chi connectivity index (χ1) is 6.86. The molecule has 0 saturated heterocycles. The molecule has 3 nitrogen and oxygen atoms in total. The van der Waals surface area contributed by atoms with Crippen molar-refractivity contribution in [2.45, 2.75) is 59.0 Å². The van der Waals surface area contributed by atoms with Gasteiger partial charge in [0.15, 0.2) is 0 Å². The van der Waals surface area contributed by atoms with Crippen LogP contribution >= 0.6 is 0 Å². The largest absolute Gasteiger partial charge is 0.323 e. The molecular weight excluding hydrogens is 186 g/mol. The van der Waals surface area contributed by atoms with Crippen LogP contribution in [-0.2, 0) is 12.0 Å². The lowest BCUT2D eigenvalue weighted by Crippen LogP contribution is -2.27. The molecule has 1 heterocycles. The Bertz CT molecular complexity index is 318. The van der Waals surface area contributed by atoms with Gasteiger partial charge in [-0.15, -0.1) is 0 Å². The van der Waals surface area contributed by atoms with Crippen molar-refractivity contribution in [1.82, 2.24) is 9.78 Å². The third-order valence-electron chi connectivity index (χ3n) is 2.40. The molecule has 1 rings (SSSR count). The smallest absolute Gasteiger partial charge is 0.0628 e. The molecule has 86 valence electrons. The second-order valence-electron chi connectivity index (χ2n) is 5.18. The summed E-state index contributed by atoms with van der Waals surface area (Å²) in [4.78, 5) is 0. The molecule has 0 aliphatic heterocycles. The van der Waals surface area contributed by atoms with E-state index in [4.69, 9.17) is 5.73 Å². The average Bonchev–Trinajstić information content (AvgIpc) is 2.48. The van der Waals surface area contributed by atoms with Gasteiger partial charge in [0.1, 0.15) is 0 Å². The summed E-state index contributed by atoms with van der Waals surface area (Å²) in [5.74, 6) is 0. The zero-order valence-corrected chi connectivity index (χ0v) is 10.5. The number of aryl methyl sites for hydroxylation is 1. The van der Waals surface area contributed by atoms with Crippen LogP contribution in [-0.4, -0.2) is 9.78 Å². The van der Waals surface area contributed by atoms with Crippen molar-refractivity contribution < 1.29 is 0 Å². The molecule has 15 heavy (non-hydrogen) atoms. The van der Waals surface area contributed by atoms with Gasteiger partial charge in [-0.2, -0.15) is 5.10 Å². The molecule has 0 radical (unpaired) electrons. The first-order valence-corrected chi connectivity index (χ1v) is 5.71. The van der Waals surface area contributed by atoms with E-state index in [0.29, 0.717) is 0 Å². The van der Waals surface area contributed by atoms with E-state index in [0.717, 1.165) is 24.2 Å². The van der Waals surface area contributed by atoms with Crippen LogP contribution in [0.5, 0.6) is 0 Å². The second kappa shape index (κ2) is 4.35. The van der Waals surface area contributed by atoms with Gasteiger partial charge in [-0.05, 0) is 40.2 Å². The van der Waals surface area contributed by atoms with Crippen LogP contribution in [0.25, 0.3) is 0 Å². The van der Waals surface area contributed by atoms with Crippen LogP contribution in [0.1, 0.15) is 58.5 Å². The molecule has 0 aliphatic rings. The molecule has 0 bridgehead atoms. The maximum absolute atomic E-state index is 5.96. The molecule has 1 aromatic rings. The number of rotatable bonds is 3. The van der Waals surface area contributed by atoms with E-state index in [9.17, 15) is 0 Å². The predicted molar refractivity (Wildman–Crippen MR) is 63.8 cm³/mol. The Labute approximate surface area is 92.7 Å². The first kappa shape index (κ1) is 12.2. The van der Waals surface area contributed by atoms with E-state index in [1.807, 2.05) is 6.92 Å². The van der Waals surface area contributed by atoms with E-state index in [2.05, 4.69) is 43.5 Å². The molecule has 0 saturated carbocycles. The minimum atomic E-state index is 0.00888. The summed E-state index contributed by atoms with van der Waals surface area (Å²) in [6.45, 7) is 10.6. The second-order valence-corrected chi connectivity index (χ2v) is 5.18. The SMILES string of the molecule is CCCc1cc(C(C)N)n(C(C)(C)C)n1. The molecule has 1 unspecified atom stereocenters. The number of nitrogens with two attached hydrogens (primary N) is 1. The Kier molecular flexibility index (Phi) is 3.55. The van der Waals surface area contributed by atoms with Crippen LogP contribution in [0, 0.1) is 0 Å². The molecule has 0 aromatic carbocycles. The highest BCUT2D eigenvalue weighted by atomic mass is 15.3. The molecule has 1 aromatic heterocycles. The Morgan fingerprint density at radius 3 is 2.40 bits per heavy atom. The van der Waals surface area contributed by atoms with Crippen LogP contribution in [0.3, 0.4) is 0 Å². The molecule has 0 aliphatic carbocycles. The van der Waals surface area contributed by atoms with E-state index in [1.54, 1.807) is 0 Å². The number of aromatic nitrogens is 2. The Hall–Kier alpha value is -0.830. The van der Waals surface area contributed by atoms with Crippen molar-refractivity contribution in [3.8, 4) is 0 Å². The van der Waals surface area contributed by atoms with Crippen molar-refractivity contribution in [2.24, 2.45) is 5.73 Å². The molecule has 3 heteroatoms. The number of nitrogens with zero attached hydrogens (tertiary/aromatic N) is 2. The van der Waals surface area contributed by atoms with Gasteiger partial charge in [0.25, 0.3) is 0 Å². The van der Waals surface area contributed by atoms with Crippen molar-refractivity contribution in [3.63, 3.8) is 0 Å². The molecule has 0 amide bonds. The van der Waals surface area contributed by atoms with Gasteiger partial charge in [-0.25, -0.2) is 0 Å². The molecule has 0 spiro atoms. The fourth-order valence-corrected chi connectivity index (χ4v) is 1.69. The van der Waals surface area contributed by atoms with Gasteiger partial charge in [0, 0.05) is 6.04 Å². The number of hydrogen-bond acceptors (Lipinski definition) is 2. The third-order valence-corrected chi connectivity index (χ3v) is 2.40. The van der Waals surface area contributed by atoms with Crippen molar-refractivity contribution in [3.05, 3.63) is 17.5 Å². The van der Waals surface area contributed by atoms with Gasteiger partial charge in [-0.1, -0.05) is 13.3 Å². The summed E-state index contributed by atoms with van der Waals surface area (Å²) in [7, 11) is 0. The van der Waals surface area contributed by atoms with Gasteiger partial charge >= 0.3 is 0 Å². The Morgan fingerprint density at radius 2 is 2.07 bits per heavy atom. The van der Waals surface area contributed by atoms with Crippen LogP contribution in [0.2, 0.25) is 0 Å². The Morgan fingerprint density at radius 1 is 1.47 bits per heavy atom. The normalized spacial score (nSPS) is 14.3. The summed E-state index contributed by atoms with van der Waals surface area (Å²) in [6.07, 6.45) is 2.16. The summed E-state index contributed by atoms with van der Waals surface area (Å²) in [5.41, 5.74) is 8.25. The highest BCUT2D eigenvalue weighted by Crippen LogP contribution is 2.21. The zero-order chi connectivity index (χ0) is 11.6. The highest BCUT2D eigenvalue weighted by molar-refractivity contribution is 5.15. The topological polar surface area (TPSA) is 43.8 Å².